The second kappa shape index (κ2) is 5.10. The molecule has 0 saturated heterocycles. The van der Waals surface area contributed by atoms with Gasteiger partial charge in [0.15, 0.2) is 0 Å². The van der Waals surface area contributed by atoms with Crippen LogP contribution in [0, 0.1) is 10.8 Å². The zero-order valence-electron chi connectivity index (χ0n) is 12.3. The van der Waals surface area contributed by atoms with Crippen molar-refractivity contribution >= 4 is 0 Å². The van der Waals surface area contributed by atoms with E-state index in [0.29, 0.717) is 24.1 Å². The Morgan fingerprint density at radius 1 is 1.39 bits per heavy atom. The van der Waals surface area contributed by atoms with E-state index in [-0.39, 0.29) is 11.5 Å². The molecule has 2 aliphatic carbocycles. The molecule has 0 aromatic heterocycles. The molecule has 0 aromatic rings. The molecule has 2 aliphatic rings. The second-order valence-electron chi connectivity index (χ2n) is 7.11. The second-order valence-corrected chi connectivity index (χ2v) is 7.11. The van der Waals surface area contributed by atoms with Gasteiger partial charge >= 0.3 is 0 Å². The third kappa shape index (κ3) is 2.45. The number of aliphatic hydroxyl groups is 1. The molecule has 1 spiro atoms. The number of nitrogens with one attached hydrogen (secondary N) is 1. The molecule has 2 saturated carbocycles. The highest BCUT2D eigenvalue weighted by Gasteiger charge is 2.58. The first kappa shape index (κ1) is 14.3. The van der Waals surface area contributed by atoms with Gasteiger partial charge in [-0.15, -0.1) is 0 Å². The first-order valence-electron chi connectivity index (χ1n) is 7.43. The molecule has 106 valence electrons. The smallest absolute Gasteiger partial charge is 0.0712 e. The zero-order valence-corrected chi connectivity index (χ0v) is 12.3. The van der Waals surface area contributed by atoms with Crippen molar-refractivity contribution in [2.24, 2.45) is 10.8 Å². The van der Waals surface area contributed by atoms with Crippen molar-refractivity contribution in [2.45, 2.75) is 71.6 Å². The van der Waals surface area contributed by atoms with Gasteiger partial charge in [0.05, 0.1) is 12.2 Å². The van der Waals surface area contributed by atoms with Gasteiger partial charge in [-0.1, -0.05) is 27.2 Å². The minimum absolute atomic E-state index is 0.0388. The predicted octanol–water partition coefficient (Wildman–Crippen LogP) is 2.33. The molecule has 0 heterocycles. The van der Waals surface area contributed by atoms with Crippen LogP contribution in [0.3, 0.4) is 0 Å². The van der Waals surface area contributed by atoms with E-state index in [4.69, 9.17) is 4.74 Å². The van der Waals surface area contributed by atoms with Gasteiger partial charge in [-0.3, -0.25) is 0 Å². The number of hydrogen-bond donors (Lipinski definition) is 2. The van der Waals surface area contributed by atoms with Crippen LogP contribution in [0.2, 0.25) is 0 Å². The highest BCUT2D eigenvalue weighted by molar-refractivity contribution is 5.12. The Bertz CT molecular complexity index is 281. The molecule has 0 radical (unpaired) electrons. The summed E-state index contributed by atoms with van der Waals surface area (Å²) in [5, 5.41) is 13.7. The third-order valence-electron chi connectivity index (χ3n) is 4.99. The fraction of sp³-hybridized carbons (Fsp3) is 1.00. The van der Waals surface area contributed by atoms with Gasteiger partial charge < -0.3 is 15.2 Å². The molecule has 3 heteroatoms. The van der Waals surface area contributed by atoms with E-state index < -0.39 is 0 Å². The minimum atomic E-state index is -0.277. The first-order valence-corrected chi connectivity index (χ1v) is 7.43. The lowest BCUT2D eigenvalue weighted by Gasteiger charge is -2.61. The number of ether oxygens (including phenoxy) is 1. The van der Waals surface area contributed by atoms with E-state index in [2.05, 4.69) is 33.0 Å². The Balaban J connectivity index is 1.81. The molecule has 2 fully saturated rings. The molecule has 3 atom stereocenters. The topological polar surface area (TPSA) is 41.5 Å². The van der Waals surface area contributed by atoms with E-state index in [1.54, 1.807) is 0 Å². The third-order valence-corrected chi connectivity index (χ3v) is 4.99. The van der Waals surface area contributed by atoms with E-state index in [1.165, 1.54) is 19.3 Å². The molecule has 3 unspecified atom stereocenters. The van der Waals surface area contributed by atoms with Gasteiger partial charge in [-0.05, 0) is 31.6 Å². The van der Waals surface area contributed by atoms with Crippen molar-refractivity contribution in [1.82, 2.24) is 5.32 Å². The van der Waals surface area contributed by atoms with Gasteiger partial charge in [-0.2, -0.15) is 0 Å². The summed E-state index contributed by atoms with van der Waals surface area (Å²) in [6.45, 7) is 9.86. The summed E-state index contributed by atoms with van der Waals surface area (Å²) in [6.07, 6.45) is 5.22. The normalized spacial score (nSPS) is 31.8. The highest BCUT2D eigenvalue weighted by atomic mass is 16.5. The molecule has 2 rings (SSSR count). The van der Waals surface area contributed by atoms with Crippen molar-refractivity contribution in [1.29, 1.82) is 0 Å². The van der Waals surface area contributed by atoms with Crippen LogP contribution in [0.4, 0.5) is 0 Å². The molecule has 0 aromatic carbocycles. The molecule has 0 amide bonds. The van der Waals surface area contributed by atoms with Crippen LogP contribution < -0.4 is 5.32 Å². The minimum Gasteiger partial charge on any atom is -0.391 e. The Hall–Kier alpha value is -0.120. The molecular weight excluding hydrogens is 226 g/mol. The first-order chi connectivity index (χ1) is 8.40. The van der Waals surface area contributed by atoms with Crippen LogP contribution >= 0.6 is 0 Å². The van der Waals surface area contributed by atoms with Gasteiger partial charge in [-0.25, -0.2) is 0 Å². The van der Waals surface area contributed by atoms with Crippen LogP contribution in [0.15, 0.2) is 0 Å². The van der Waals surface area contributed by atoms with Crippen molar-refractivity contribution in [3.05, 3.63) is 0 Å². The summed E-state index contributed by atoms with van der Waals surface area (Å²) in [7, 11) is 0. The average molecular weight is 255 g/mol. The number of rotatable bonds is 5. The summed E-state index contributed by atoms with van der Waals surface area (Å²) >= 11 is 0. The van der Waals surface area contributed by atoms with Gasteiger partial charge in [0, 0.05) is 24.6 Å². The predicted molar refractivity (Wildman–Crippen MR) is 73.6 cm³/mol. The summed E-state index contributed by atoms with van der Waals surface area (Å²) < 4.78 is 5.84. The van der Waals surface area contributed by atoms with Crippen LogP contribution in [-0.2, 0) is 4.74 Å². The summed E-state index contributed by atoms with van der Waals surface area (Å²) in [4.78, 5) is 0. The SMILES string of the molecule is CCOC1CC(NCC(O)C(C)(C)C)C12CCC2. The van der Waals surface area contributed by atoms with Crippen LogP contribution in [0.25, 0.3) is 0 Å². The van der Waals surface area contributed by atoms with Crippen molar-refractivity contribution < 1.29 is 9.84 Å². The maximum absolute atomic E-state index is 10.1. The van der Waals surface area contributed by atoms with E-state index in [1.807, 2.05) is 0 Å². The number of hydrogen-bond acceptors (Lipinski definition) is 3. The lowest BCUT2D eigenvalue weighted by molar-refractivity contribution is -0.174. The maximum atomic E-state index is 10.1. The van der Waals surface area contributed by atoms with E-state index in [9.17, 15) is 5.11 Å². The van der Waals surface area contributed by atoms with Crippen molar-refractivity contribution in [3.63, 3.8) is 0 Å². The quantitative estimate of drug-likeness (QED) is 0.792. The van der Waals surface area contributed by atoms with E-state index >= 15 is 0 Å². The Labute approximate surface area is 111 Å². The largest absolute Gasteiger partial charge is 0.391 e. The lowest BCUT2D eigenvalue weighted by atomic mass is 9.51. The Kier molecular flexibility index (Phi) is 4.05. The van der Waals surface area contributed by atoms with Gasteiger partial charge in [0.2, 0.25) is 0 Å². The Morgan fingerprint density at radius 3 is 2.50 bits per heavy atom. The van der Waals surface area contributed by atoms with E-state index in [0.717, 1.165) is 13.0 Å². The summed E-state index contributed by atoms with van der Waals surface area (Å²) in [5.74, 6) is 0. The maximum Gasteiger partial charge on any atom is 0.0712 e. The van der Waals surface area contributed by atoms with Crippen LogP contribution in [0.1, 0.15) is 53.4 Å². The lowest BCUT2D eigenvalue weighted by Crippen LogP contribution is -2.67. The van der Waals surface area contributed by atoms with Gasteiger partial charge in [0.1, 0.15) is 0 Å². The summed E-state index contributed by atoms with van der Waals surface area (Å²) in [6, 6.07) is 0.555. The molecule has 18 heavy (non-hydrogen) atoms. The molecule has 0 aliphatic heterocycles. The highest BCUT2D eigenvalue weighted by Crippen LogP contribution is 2.57. The van der Waals surface area contributed by atoms with Crippen molar-refractivity contribution in [3.8, 4) is 0 Å². The fourth-order valence-corrected chi connectivity index (χ4v) is 3.28. The molecular formula is C15H29NO2. The summed E-state index contributed by atoms with van der Waals surface area (Å²) in [5.41, 5.74) is 0.358. The molecule has 0 bridgehead atoms. The standard InChI is InChI=1S/C15H29NO2/c1-5-18-13-9-11(15(13)7-6-8-15)16-10-12(17)14(2,3)4/h11-13,16-17H,5-10H2,1-4H3. The fourth-order valence-electron chi connectivity index (χ4n) is 3.28. The van der Waals surface area contributed by atoms with Crippen molar-refractivity contribution in [2.75, 3.05) is 13.2 Å². The molecule has 2 N–H and O–H groups in total. The van der Waals surface area contributed by atoms with Crippen LogP contribution in [-0.4, -0.2) is 36.5 Å². The number of aliphatic hydroxyl groups excluding tert-OH is 1. The monoisotopic (exact) mass is 255 g/mol. The van der Waals surface area contributed by atoms with Crippen LogP contribution in [0.5, 0.6) is 0 Å². The Morgan fingerprint density at radius 2 is 2.06 bits per heavy atom. The van der Waals surface area contributed by atoms with Gasteiger partial charge in [0.25, 0.3) is 0 Å². The zero-order chi connectivity index (χ0) is 13.4. The molecule has 3 nitrogen and oxygen atoms in total. The average Bonchev–Trinajstić information content (AvgIpc) is 2.17.